The van der Waals surface area contributed by atoms with Crippen molar-refractivity contribution in [3.05, 3.63) is 42.1 Å². The van der Waals surface area contributed by atoms with Gasteiger partial charge in [0.2, 0.25) is 0 Å². The summed E-state index contributed by atoms with van der Waals surface area (Å²) >= 11 is -1.63. The Balaban J connectivity index is 0.00000180. The molecule has 0 N–H and O–H groups in total. The second-order valence-corrected chi connectivity index (χ2v) is 29.6. The predicted molar refractivity (Wildman–Crippen MR) is 79.6 cm³/mol. The minimum Gasteiger partial charge on any atom is -1.00 e. The van der Waals surface area contributed by atoms with Crippen LogP contribution in [0.15, 0.2) is 42.1 Å². The van der Waals surface area contributed by atoms with E-state index in [0.717, 1.165) is 0 Å². The fourth-order valence-corrected chi connectivity index (χ4v) is 27.1. The zero-order valence-electron chi connectivity index (χ0n) is 12.9. The molecule has 2 rings (SSSR count). The van der Waals surface area contributed by atoms with E-state index >= 15 is 0 Å². The van der Waals surface area contributed by atoms with Crippen LogP contribution in [0.5, 0.6) is 0 Å². The van der Waals surface area contributed by atoms with Crippen LogP contribution < -0.4 is 24.8 Å². The van der Waals surface area contributed by atoms with Gasteiger partial charge in [-0.1, -0.05) is 0 Å². The fourth-order valence-electron chi connectivity index (χ4n) is 3.05. The SMILES string of the molecule is CCC1=C(CC)C[C]([Hf+2]([C]2=CC=CC2)=[Si](C)C)=C1.[Cl-].[Cl-]. The standard InChI is InChI=1S/C9H13.C5H5.C2H6Si.2ClH.Hf/c1-3-8-6-5-7-9(8)4-2;1-2-4-5-3-1;1-3-2;;;/h6H,3-4,7H2,1-2H3;1-3H,4H2;1-2H3;2*1H;/q;;;;;+2/p-2. The molecule has 2 aliphatic carbocycles. The molecule has 0 aromatic heterocycles. The van der Waals surface area contributed by atoms with Crippen molar-refractivity contribution in [1.29, 1.82) is 0 Å². The maximum Gasteiger partial charge on any atom is -1.00 e. The summed E-state index contributed by atoms with van der Waals surface area (Å²) in [5, 5.41) is 0. The van der Waals surface area contributed by atoms with Crippen molar-refractivity contribution in [2.24, 2.45) is 0 Å². The van der Waals surface area contributed by atoms with Crippen LogP contribution in [0.25, 0.3) is 0 Å². The summed E-state index contributed by atoms with van der Waals surface area (Å²) in [5.41, 5.74) is 3.32. The molecule has 0 nitrogen and oxygen atoms in total. The van der Waals surface area contributed by atoms with Crippen molar-refractivity contribution in [2.45, 2.75) is 52.6 Å². The maximum atomic E-state index is 2.62. The Bertz CT molecular complexity index is 507. The molecule has 0 fully saturated rings. The van der Waals surface area contributed by atoms with E-state index in [0.29, 0.717) is 0 Å². The van der Waals surface area contributed by atoms with Gasteiger partial charge in [0.05, 0.1) is 0 Å². The molecule has 0 aromatic carbocycles. The Morgan fingerprint density at radius 2 is 1.80 bits per heavy atom. The van der Waals surface area contributed by atoms with Crippen LogP contribution in [0.3, 0.4) is 0 Å². The van der Waals surface area contributed by atoms with Crippen molar-refractivity contribution in [1.82, 2.24) is 0 Å². The molecule has 0 saturated carbocycles. The zero-order valence-corrected chi connectivity index (χ0v) is 19.0. The molecule has 0 unspecified atom stereocenters. The molecular weight excluding hydrogens is 470 g/mol. The Kier molecular flexibility index (Phi) is 9.91. The van der Waals surface area contributed by atoms with Gasteiger partial charge in [-0.3, -0.25) is 0 Å². The van der Waals surface area contributed by atoms with Crippen LogP contribution in [0, 0.1) is 0 Å². The van der Waals surface area contributed by atoms with Gasteiger partial charge >= 0.3 is 120 Å². The van der Waals surface area contributed by atoms with E-state index in [9.17, 15) is 0 Å². The monoisotopic (exact) mass is 494 g/mol. The van der Waals surface area contributed by atoms with E-state index in [2.05, 4.69) is 51.2 Å². The summed E-state index contributed by atoms with van der Waals surface area (Å²) in [6.07, 6.45) is 14.8. The molecule has 0 heterocycles. The quantitative estimate of drug-likeness (QED) is 0.446. The second-order valence-electron chi connectivity index (χ2n) is 5.38. The van der Waals surface area contributed by atoms with Gasteiger partial charge < -0.3 is 24.8 Å². The van der Waals surface area contributed by atoms with Gasteiger partial charge in [-0.25, -0.2) is 0 Å². The summed E-state index contributed by atoms with van der Waals surface area (Å²) in [4.78, 5) is 0. The molecule has 0 amide bonds. The van der Waals surface area contributed by atoms with Crippen LogP contribution in [-0.2, 0) is 20.1 Å². The first-order valence-electron chi connectivity index (χ1n) is 7.12. The van der Waals surface area contributed by atoms with Crippen molar-refractivity contribution in [2.75, 3.05) is 0 Å². The first-order valence-corrected chi connectivity index (χ1v) is 18.6. The number of rotatable bonds is 4. The molecule has 0 saturated heterocycles. The van der Waals surface area contributed by atoms with Gasteiger partial charge in [-0.2, -0.15) is 0 Å². The molecule has 0 spiro atoms. The fraction of sp³-hybridized carbons (Fsp3) is 0.500. The molecule has 20 heavy (non-hydrogen) atoms. The van der Waals surface area contributed by atoms with E-state index in [-0.39, 0.29) is 30.3 Å². The van der Waals surface area contributed by atoms with E-state index in [1.165, 1.54) is 25.7 Å². The molecule has 110 valence electrons. The first kappa shape index (κ1) is 20.6. The van der Waals surface area contributed by atoms with Crippen LogP contribution in [-0.4, -0.2) is 5.49 Å². The number of hydrogen-bond acceptors (Lipinski definition) is 0. The van der Waals surface area contributed by atoms with E-state index in [1.807, 2.05) is 6.66 Å². The normalized spacial score (nSPS) is 15.9. The molecule has 0 atom stereocenters. The van der Waals surface area contributed by atoms with Gasteiger partial charge in [0.25, 0.3) is 0 Å². The average Bonchev–Trinajstić information content (AvgIpc) is 2.98. The smallest absolute Gasteiger partial charge is 1.00 e. The van der Waals surface area contributed by atoms with E-state index in [4.69, 9.17) is 0 Å². The third-order valence-corrected chi connectivity index (χ3v) is 28.1. The van der Waals surface area contributed by atoms with Crippen LogP contribution in [0.1, 0.15) is 39.5 Å². The first-order chi connectivity index (χ1) is 8.67. The number of halogens is 2. The Hall–Kier alpha value is 0.627. The van der Waals surface area contributed by atoms with Gasteiger partial charge in [0.15, 0.2) is 0 Å². The number of hydrogen-bond donors (Lipinski definition) is 0. The minimum atomic E-state index is -1.63. The molecular formula is C16H24Cl2HfSi. The zero-order chi connectivity index (χ0) is 13.1. The van der Waals surface area contributed by atoms with Crippen molar-refractivity contribution >= 4 is 5.49 Å². The second kappa shape index (κ2) is 9.60. The summed E-state index contributed by atoms with van der Waals surface area (Å²) in [7, 11) is 0. The average molecular weight is 494 g/mol. The van der Waals surface area contributed by atoms with E-state index < -0.39 is 20.1 Å². The molecule has 0 bridgehead atoms. The molecule has 2 aliphatic rings. The Labute approximate surface area is 144 Å². The maximum absolute atomic E-state index is 2.62. The minimum absolute atomic E-state index is 0. The van der Waals surface area contributed by atoms with Gasteiger partial charge in [-0.05, 0) is 0 Å². The van der Waals surface area contributed by atoms with Crippen molar-refractivity contribution in [3.8, 4) is 0 Å². The third-order valence-electron chi connectivity index (χ3n) is 3.93. The summed E-state index contributed by atoms with van der Waals surface area (Å²) < 4.78 is 3.79. The Morgan fingerprint density at radius 1 is 1.10 bits per heavy atom. The molecule has 0 aliphatic heterocycles. The van der Waals surface area contributed by atoms with Crippen LogP contribution in [0.4, 0.5) is 0 Å². The van der Waals surface area contributed by atoms with Gasteiger partial charge in [0, 0.05) is 0 Å². The molecule has 0 radical (unpaired) electrons. The molecule has 0 aromatic rings. The Morgan fingerprint density at radius 3 is 2.20 bits per heavy atom. The van der Waals surface area contributed by atoms with Crippen molar-refractivity contribution in [3.63, 3.8) is 0 Å². The third kappa shape index (κ3) is 4.56. The van der Waals surface area contributed by atoms with Gasteiger partial charge in [0.1, 0.15) is 0 Å². The van der Waals surface area contributed by atoms with Gasteiger partial charge in [-0.15, -0.1) is 0 Å². The van der Waals surface area contributed by atoms with Crippen LogP contribution >= 0.6 is 0 Å². The van der Waals surface area contributed by atoms with Crippen LogP contribution in [0.2, 0.25) is 13.1 Å². The van der Waals surface area contributed by atoms with E-state index in [1.54, 1.807) is 11.1 Å². The molecule has 4 heteroatoms. The summed E-state index contributed by atoms with van der Waals surface area (Å²) in [6, 6.07) is 0. The summed E-state index contributed by atoms with van der Waals surface area (Å²) in [5.74, 6) is 0. The topological polar surface area (TPSA) is 0 Å². The predicted octanol–water partition coefficient (Wildman–Crippen LogP) is -0.888. The van der Waals surface area contributed by atoms with Crippen molar-refractivity contribution < 1.29 is 44.9 Å². The number of allylic oxidation sites excluding steroid dienone is 8. The largest absolute Gasteiger partial charge is 1.00 e. The summed E-state index contributed by atoms with van der Waals surface area (Å²) in [6.45, 7) is 9.76.